The summed E-state index contributed by atoms with van der Waals surface area (Å²) in [5.41, 5.74) is 23.1. The number of hydrogen-bond donors (Lipinski definition) is 9. The first-order valence-electron chi connectivity index (χ1n) is 13.4. The zero-order chi connectivity index (χ0) is 30.6. The third kappa shape index (κ3) is 14.2. The van der Waals surface area contributed by atoms with Crippen molar-refractivity contribution in [2.45, 2.75) is 62.7 Å². The first kappa shape index (κ1) is 34.9. The minimum atomic E-state index is -1.44. The van der Waals surface area contributed by atoms with Gasteiger partial charge in [-0.3, -0.25) is 24.2 Å². The Balaban J connectivity index is 2.94. The molecule has 1 rings (SSSR count). The molecule has 0 aliphatic rings. The van der Waals surface area contributed by atoms with E-state index >= 15 is 0 Å². The van der Waals surface area contributed by atoms with Crippen molar-refractivity contribution in [1.82, 2.24) is 21.3 Å². The number of nitrogens with two attached hydrogens (primary N) is 4. The summed E-state index contributed by atoms with van der Waals surface area (Å²) in [4.78, 5) is 65.8. The van der Waals surface area contributed by atoms with Crippen molar-refractivity contribution < 1.29 is 29.1 Å². The Kier molecular flexibility index (Phi) is 17.0. The Labute approximate surface area is 239 Å². The van der Waals surface area contributed by atoms with E-state index in [9.17, 15) is 29.1 Å². The highest BCUT2D eigenvalue weighted by atomic mass is 16.3. The van der Waals surface area contributed by atoms with Crippen LogP contribution in [0.15, 0.2) is 35.3 Å². The number of aliphatic hydroxyl groups excluding tert-OH is 1. The van der Waals surface area contributed by atoms with Crippen molar-refractivity contribution in [2.24, 2.45) is 27.9 Å². The Morgan fingerprint density at radius 1 is 0.854 bits per heavy atom. The SMILES string of the molecule is NCCCC[C@H](NC(=O)[C@H](CO)NC(=O)[C@H](CCCN=C(N)N)NC(=O)[C@@H](N)Cc1ccccc1)C(=O)NCC=O. The van der Waals surface area contributed by atoms with Gasteiger partial charge < -0.3 is 54.1 Å². The van der Waals surface area contributed by atoms with Gasteiger partial charge in [0.25, 0.3) is 0 Å². The molecule has 0 fully saturated rings. The molecule has 13 N–H and O–H groups in total. The van der Waals surface area contributed by atoms with Gasteiger partial charge in [-0.15, -0.1) is 0 Å². The van der Waals surface area contributed by atoms with Crippen LogP contribution in [0.25, 0.3) is 0 Å². The van der Waals surface area contributed by atoms with Gasteiger partial charge in [-0.2, -0.15) is 0 Å². The summed E-state index contributed by atoms with van der Waals surface area (Å²) >= 11 is 0. The monoisotopic (exact) mass is 577 g/mol. The van der Waals surface area contributed by atoms with Crippen molar-refractivity contribution in [3.63, 3.8) is 0 Å². The third-order valence-electron chi connectivity index (χ3n) is 5.97. The predicted octanol–water partition coefficient (Wildman–Crippen LogP) is -3.50. The number of hydrogen-bond acceptors (Lipinski definition) is 9. The molecule has 4 amide bonds. The second-order valence-electron chi connectivity index (χ2n) is 9.31. The van der Waals surface area contributed by atoms with E-state index in [1.165, 1.54) is 0 Å². The van der Waals surface area contributed by atoms with E-state index in [4.69, 9.17) is 22.9 Å². The van der Waals surface area contributed by atoms with Crippen LogP contribution in [0.4, 0.5) is 0 Å². The number of aliphatic hydroxyl groups is 1. The third-order valence-corrected chi connectivity index (χ3v) is 5.97. The van der Waals surface area contributed by atoms with E-state index in [0.717, 1.165) is 5.56 Å². The van der Waals surface area contributed by atoms with Crippen LogP contribution in [-0.4, -0.2) is 91.4 Å². The zero-order valence-corrected chi connectivity index (χ0v) is 23.1. The number of carbonyl (C=O) groups is 5. The van der Waals surface area contributed by atoms with E-state index in [1.807, 2.05) is 30.3 Å². The van der Waals surface area contributed by atoms with Crippen molar-refractivity contribution in [3.8, 4) is 0 Å². The van der Waals surface area contributed by atoms with Gasteiger partial charge in [-0.25, -0.2) is 0 Å². The summed E-state index contributed by atoms with van der Waals surface area (Å²) in [6.45, 7) is -0.458. The molecule has 15 heteroatoms. The van der Waals surface area contributed by atoms with Crippen LogP contribution < -0.4 is 44.2 Å². The molecule has 0 unspecified atom stereocenters. The Hall–Kier alpha value is -4.08. The minimum absolute atomic E-state index is 0.0992. The van der Waals surface area contributed by atoms with Crippen molar-refractivity contribution in [3.05, 3.63) is 35.9 Å². The fourth-order valence-corrected chi connectivity index (χ4v) is 3.78. The summed E-state index contributed by atoms with van der Waals surface area (Å²) in [5.74, 6) is -2.90. The molecule has 0 heterocycles. The molecule has 0 saturated carbocycles. The molecule has 4 atom stereocenters. The van der Waals surface area contributed by atoms with Crippen molar-refractivity contribution in [1.29, 1.82) is 0 Å². The van der Waals surface area contributed by atoms with Crippen LogP contribution in [0.5, 0.6) is 0 Å². The summed E-state index contributed by atoms with van der Waals surface area (Å²) in [5, 5.41) is 19.7. The first-order valence-corrected chi connectivity index (χ1v) is 13.4. The Morgan fingerprint density at radius 3 is 2.05 bits per heavy atom. The number of nitrogens with zero attached hydrogens (tertiary/aromatic N) is 1. The summed E-state index contributed by atoms with van der Waals surface area (Å²) < 4.78 is 0. The number of amides is 4. The van der Waals surface area contributed by atoms with E-state index < -0.39 is 54.4 Å². The number of rotatable bonds is 20. The molecule has 0 aliphatic carbocycles. The molecule has 228 valence electrons. The van der Waals surface area contributed by atoms with Gasteiger partial charge in [-0.05, 0) is 50.6 Å². The molecule has 0 bridgehead atoms. The second-order valence-corrected chi connectivity index (χ2v) is 9.31. The van der Waals surface area contributed by atoms with Crippen LogP contribution in [-0.2, 0) is 30.4 Å². The topological polar surface area (TPSA) is 270 Å². The van der Waals surface area contributed by atoms with Gasteiger partial charge in [0.15, 0.2) is 5.96 Å². The lowest BCUT2D eigenvalue weighted by Gasteiger charge is -2.25. The number of carbonyl (C=O) groups excluding carboxylic acids is 5. The number of benzene rings is 1. The van der Waals surface area contributed by atoms with E-state index in [-0.39, 0.29) is 38.3 Å². The fourth-order valence-electron chi connectivity index (χ4n) is 3.78. The van der Waals surface area contributed by atoms with E-state index in [0.29, 0.717) is 32.1 Å². The van der Waals surface area contributed by atoms with Crippen LogP contribution in [0.1, 0.15) is 37.7 Å². The molecule has 41 heavy (non-hydrogen) atoms. The van der Waals surface area contributed by atoms with Crippen molar-refractivity contribution >= 4 is 35.9 Å². The fraction of sp³-hybridized carbons (Fsp3) is 0.538. The second kappa shape index (κ2) is 19.9. The molecule has 0 aromatic heterocycles. The van der Waals surface area contributed by atoms with Crippen LogP contribution in [0.3, 0.4) is 0 Å². The van der Waals surface area contributed by atoms with Crippen LogP contribution >= 0.6 is 0 Å². The van der Waals surface area contributed by atoms with Gasteiger partial charge in [-0.1, -0.05) is 30.3 Å². The highest BCUT2D eigenvalue weighted by Gasteiger charge is 2.30. The molecule has 0 radical (unpaired) electrons. The molecule has 0 saturated heterocycles. The first-order chi connectivity index (χ1) is 19.6. The lowest BCUT2D eigenvalue weighted by Crippen LogP contribution is -2.58. The van der Waals surface area contributed by atoms with Crippen molar-refractivity contribution in [2.75, 3.05) is 26.2 Å². The lowest BCUT2D eigenvalue weighted by molar-refractivity contribution is -0.134. The molecule has 1 aromatic carbocycles. The molecule has 15 nitrogen and oxygen atoms in total. The minimum Gasteiger partial charge on any atom is -0.394 e. The van der Waals surface area contributed by atoms with E-state index in [1.54, 1.807) is 0 Å². The highest BCUT2D eigenvalue weighted by Crippen LogP contribution is 2.06. The number of nitrogens with one attached hydrogen (secondary N) is 4. The maximum Gasteiger partial charge on any atom is 0.245 e. The predicted molar refractivity (Wildman–Crippen MR) is 153 cm³/mol. The zero-order valence-electron chi connectivity index (χ0n) is 23.1. The number of aliphatic imine (C=N–C) groups is 1. The van der Waals surface area contributed by atoms with Gasteiger partial charge >= 0.3 is 0 Å². The number of guanidine groups is 1. The Morgan fingerprint density at radius 2 is 1.44 bits per heavy atom. The quantitative estimate of drug-likeness (QED) is 0.0319. The van der Waals surface area contributed by atoms with Crippen LogP contribution in [0, 0.1) is 0 Å². The smallest absolute Gasteiger partial charge is 0.245 e. The van der Waals surface area contributed by atoms with Gasteiger partial charge in [0.05, 0.1) is 19.2 Å². The number of unbranched alkanes of at least 4 members (excludes halogenated alkanes) is 1. The Bertz CT molecular complexity index is 1000. The largest absolute Gasteiger partial charge is 0.394 e. The molecule has 0 aliphatic heterocycles. The standard InChI is InChI=1S/C26H43N9O6/c27-11-5-4-9-19(23(39)31-13-14-36)34-25(41)21(16-37)35-24(40)20(10-6-12-32-26(29)30)33-22(38)18(28)15-17-7-2-1-3-8-17/h1-3,7-8,14,18-21,37H,4-6,9-13,15-16,27-28H2,(H,31,39)(H,33,38)(H,34,41)(H,35,40)(H4,29,30,32)/t18-,19-,20-,21-/m0/s1. The molecule has 1 aromatic rings. The average Bonchev–Trinajstić information content (AvgIpc) is 2.95. The molecular formula is C26H43N9O6. The summed E-state index contributed by atoms with van der Waals surface area (Å²) in [6.07, 6.45) is 2.47. The van der Waals surface area contributed by atoms with Gasteiger partial charge in [0.2, 0.25) is 23.6 Å². The van der Waals surface area contributed by atoms with Gasteiger partial charge in [0.1, 0.15) is 24.4 Å². The normalized spacial score (nSPS) is 13.5. The van der Waals surface area contributed by atoms with Gasteiger partial charge in [0, 0.05) is 6.54 Å². The van der Waals surface area contributed by atoms with Crippen LogP contribution in [0.2, 0.25) is 0 Å². The number of aldehydes is 1. The maximum absolute atomic E-state index is 13.2. The molecule has 0 spiro atoms. The lowest BCUT2D eigenvalue weighted by atomic mass is 10.0. The summed E-state index contributed by atoms with van der Waals surface area (Å²) in [6, 6.07) is 4.56. The highest BCUT2D eigenvalue weighted by molar-refractivity contribution is 5.95. The summed E-state index contributed by atoms with van der Waals surface area (Å²) in [7, 11) is 0. The molecular weight excluding hydrogens is 534 g/mol. The average molecular weight is 578 g/mol. The van der Waals surface area contributed by atoms with E-state index in [2.05, 4.69) is 26.3 Å². The maximum atomic E-state index is 13.2.